The molecule has 0 radical (unpaired) electrons. The van der Waals surface area contributed by atoms with Crippen molar-refractivity contribution in [1.82, 2.24) is 5.32 Å². The topological polar surface area (TPSA) is 47.6 Å². The Labute approximate surface area is 119 Å². The zero-order valence-electron chi connectivity index (χ0n) is 11.8. The largest absolute Gasteiger partial charge is 0.348 e. The molecule has 3 aliphatic rings. The van der Waals surface area contributed by atoms with Crippen molar-refractivity contribution in [2.75, 3.05) is 19.0 Å². The van der Waals surface area contributed by atoms with Gasteiger partial charge < -0.3 is 9.05 Å². The second-order valence-corrected chi connectivity index (χ2v) is 10.4. The molecule has 1 spiro atoms. The molecule has 3 fully saturated rings. The number of rotatable bonds is 1. The van der Waals surface area contributed by atoms with Crippen molar-refractivity contribution >= 4 is 19.4 Å². The maximum atomic E-state index is 12.8. The molecule has 0 aromatic rings. The molecule has 0 amide bonds. The second-order valence-electron chi connectivity index (χ2n) is 6.78. The van der Waals surface area contributed by atoms with Crippen LogP contribution >= 0.6 is 19.4 Å². The minimum absolute atomic E-state index is 0.0256. The van der Waals surface area contributed by atoms with Crippen molar-refractivity contribution in [1.29, 1.82) is 0 Å². The normalized spacial score (nSPS) is 36.4. The van der Waals surface area contributed by atoms with Crippen molar-refractivity contribution in [2.24, 2.45) is 5.41 Å². The first-order valence-corrected chi connectivity index (χ1v) is 9.83. The summed E-state index contributed by atoms with van der Waals surface area (Å²) in [6, 6.07) is 0. The molecule has 1 aliphatic carbocycles. The Kier molecular flexibility index (Phi) is 3.81. The Bertz CT molecular complexity index is 381. The van der Waals surface area contributed by atoms with Gasteiger partial charge in [0.05, 0.1) is 18.1 Å². The van der Waals surface area contributed by atoms with Gasteiger partial charge in [0.2, 0.25) is 0 Å². The average molecular weight is 305 g/mol. The van der Waals surface area contributed by atoms with Crippen LogP contribution in [0.1, 0.15) is 46.0 Å². The van der Waals surface area contributed by atoms with E-state index in [1.54, 1.807) is 0 Å². The highest BCUT2D eigenvalue weighted by Crippen LogP contribution is 2.61. The molecule has 110 valence electrons. The van der Waals surface area contributed by atoms with E-state index in [-0.39, 0.29) is 16.1 Å². The zero-order chi connectivity index (χ0) is 13.6. The Hall–Kier alpha value is 0.460. The molecule has 3 rings (SSSR count). The molecule has 2 saturated heterocycles. The molecule has 4 nitrogen and oxygen atoms in total. The summed E-state index contributed by atoms with van der Waals surface area (Å²) in [6.07, 6.45) is 6.23. The van der Waals surface area contributed by atoms with Crippen LogP contribution in [0.15, 0.2) is 0 Å². The van der Waals surface area contributed by atoms with E-state index in [0.29, 0.717) is 13.2 Å². The van der Waals surface area contributed by atoms with E-state index in [1.165, 1.54) is 32.1 Å². The molecule has 2 heterocycles. The lowest BCUT2D eigenvalue weighted by Crippen LogP contribution is -2.44. The zero-order valence-corrected chi connectivity index (χ0v) is 13.5. The first kappa shape index (κ1) is 14.4. The van der Waals surface area contributed by atoms with Crippen molar-refractivity contribution in [3.05, 3.63) is 0 Å². The number of hydrogen-bond acceptors (Lipinski definition) is 5. The van der Waals surface area contributed by atoms with Gasteiger partial charge in [-0.05, 0) is 12.8 Å². The maximum absolute atomic E-state index is 12.8. The van der Waals surface area contributed by atoms with E-state index in [0.717, 1.165) is 5.75 Å². The minimum Gasteiger partial charge on any atom is -0.307 e. The molecule has 0 bridgehead atoms. The van der Waals surface area contributed by atoms with Gasteiger partial charge in [0.1, 0.15) is 5.78 Å². The number of thioether (sulfide) groups is 1. The Morgan fingerprint density at radius 3 is 2.42 bits per heavy atom. The van der Waals surface area contributed by atoms with Gasteiger partial charge in [0, 0.05) is 11.2 Å². The van der Waals surface area contributed by atoms with Crippen LogP contribution in [0, 0.1) is 5.41 Å². The standard InChI is InChI=1S/C13H24NO3PS/c1-12(2)9-16-18(15,17-10-12)11-8-19-13(14-11)6-4-3-5-7-13/h11,14H,3-10H2,1-2H3/t11-/m0/s1. The quantitative estimate of drug-likeness (QED) is 0.750. The summed E-state index contributed by atoms with van der Waals surface area (Å²) in [6.45, 7) is 5.21. The van der Waals surface area contributed by atoms with Gasteiger partial charge in [-0.15, -0.1) is 11.8 Å². The first-order valence-electron chi connectivity index (χ1n) is 7.24. The van der Waals surface area contributed by atoms with Crippen molar-refractivity contribution in [2.45, 2.75) is 56.6 Å². The maximum Gasteiger partial charge on any atom is 0.348 e. The first-order chi connectivity index (χ1) is 8.93. The van der Waals surface area contributed by atoms with Crippen LogP contribution in [0.3, 0.4) is 0 Å². The molecule has 1 N–H and O–H groups in total. The highest BCUT2D eigenvalue weighted by Gasteiger charge is 2.50. The number of nitrogens with one attached hydrogen (secondary N) is 1. The van der Waals surface area contributed by atoms with E-state index in [9.17, 15) is 4.57 Å². The molecule has 1 atom stereocenters. The summed E-state index contributed by atoms with van der Waals surface area (Å²) in [4.78, 5) is 0.139. The highest BCUT2D eigenvalue weighted by atomic mass is 32.2. The third-order valence-corrected chi connectivity index (χ3v) is 8.14. The Morgan fingerprint density at radius 2 is 1.79 bits per heavy atom. The predicted molar refractivity (Wildman–Crippen MR) is 78.5 cm³/mol. The van der Waals surface area contributed by atoms with E-state index in [4.69, 9.17) is 9.05 Å². The molecule has 6 heteroatoms. The Morgan fingerprint density at radius 1 is 1.16 bits per heavy atom. The van der Waals surface area contributed by atoms with Gasteiger partial charge in [-0.1, -0.05) is 33.1 Å². The van der Waals surface area contributed by atoms with Crippen LogP contribution in [0.5, 0.6) is 0 Å². The summed E-state index contributed by atoms with van der Waals surface area (Å²) >= 11 is 1.92. The monoisotopic (exact) mass is 305 g/mol. The molecule has 0 aromatic heterocycles. The van der Waals surface area contributed by atoms with Gasteiger partial charge >= 0.3 is 7.60 Å². The van der Waals surface area contributed by atoms with Crippen LogP contribution in [-0.2, 0) is 13.6 Å². The predicted octanol–water partition coefficient (Wildman–Crippen LogP) is 3.58. The van der Waals surface area contributed by atoms with Gasteiger partial charge in [-0.3, -0.25) is 9.88 Å². The molecule has 2 aliphatic heterocycles. The van der Waals surface area contributed by atoms with Crippen molar-refractivity contribution in [3.8, 4) is 0 Å². The average Bonchev–Trinajstić information content (AvgIpc) is 2.79. The Balaban J connectivity index is 1.66. The van der Waals surface area contributed by atoms with Gasteiger partial charge in [-0.2, -0.15) is 0 Å². The fourth-order valence-electron chi connectivity index (χ4n) is 3.00. The molecule has 19 heavy (non-hydrogen) atoms. The van der Waals surface area contributed by atoms with Gasteiger partial charge in [-0.25, -0.2) is 0 Å². The van der Waals surface area contributed by atoms with Crippen molar-refractivity contribution in [3.63, 3.8) is 0 Å². The third kappa shape index (κ3) is 2.91. The lowest BCUT2D eigenvalue weighted by atomic mass is 9.95. The van der Waals surface area contributed by atoms with Crippen molar-refractivity contribution < 1.29 is 13.6 Å². The fraction of sp³-hybridized carbons (Fsp3) is 1.00. The summed E-state index contributed by atoms with van der Waals surface area (Å²) in [5, 5.41) is 3.59. The summed E-state index contributed by atoms with van der Waals surface area (Å²) < 4.78 is 24.1. The van der Waals surface area contributed by atoms with Gasteiger partial charge in [0.15, 0.2) is 0 Å². The van der Waals surface area contributed by atoms with E-state index in [2.05, 4.69) is 19.2 Å². The fourth-order valence-corrected chi connectivity index (χ4v) is 7.30. The summed E-state index contributed by atoms with van der Waals surface area (Å²) in [5.41, 5.74) is -0.0256. The van der Waals surface area contributed by atoms with E-state index >= 15 is 0 Å². The van der Waals surface area contributed by atoms with Crippen LogP contribution in [0.25, 0.3) is 0 Å². The second kappa shape index (κ2) is 5.03. The highest BCUT2D eigenvalue weighted by molar-refractivity contribution is 8.01. The third-order valence-electron chi connectivity index (χ3n) is 4.26. The lowest BCUT2D eigenvalue weighted by Gasteiger charge is -2.38. The molecule has 0 unspecified atom stereocenters. The molecular formula is C13H24NO3PS. The summed E-state index contributed by atoms with van der Waals surface area (Å²) in [5.74, 6) is 0.726. The minimum atomic E-state index is -2.97. The molecule has 0 aromatic carbocycles. The van der Waals surface area contributed by atoms with E-state index < -0.39 is 7.60 Å². The molecule has 1 saturated carbocycles. The lowest BCUT2D eigenvalue weighted by molar-refractivity contribution is 0.0370. The van der Waals surface area contributed by atoms with Crippen LogP contribution in [0.2, 0.25) is 0 Å². The SMILES string of the molecule is CC1(C)COP(=O)([C@H]2CSC3(CCCCC3)N2)OC1. The van der Waals surface area contributed by atoms with Crippen LogP contribution in [0.4, 0.5) is 0 Å². The number of hydrogen-bond donors (Lipinski definition) is 1. The van der Waals surface area contributed by atoms with Crippen LogP contribution < -0.4 is 5.32 Å². The van der Waals surface area contributed by atoms with Crippen LogP contribution in [-0.4, -0.2) is 29.6 Å². The van der Waals surface area contributed by atoms with E-state index in [1.807, 2.05) is 11.8 Å². The summed E-state index contributed by atoms with van der Waals surface area (Å²) in [7, 11) is -2.97. The van der Waals surface area contributed by atoms with Gasteiger partial charge in [0.25, 0.3) is 0 Å². The smallest absolute Gasteiger partial charge is 0.307 e. The molecular weight excluding hydrogens is 281 g/mol.